The molecule has 0 atom stereocenters. The Morgan fingerprint density at radius 2 is 1.73 bits per heavy atom. The maximum atomic E-state index is 11.7. The average molecular weight is 429 g/mol. The van der Waals surface area contributed by atoms with E-state index < -0.39 is 10.1 Å². The van der Waals surface area contributed by atoms with Crippen LogP contribution in [-0.4, -0.2) is 45.4 Å². The van der Waals surface area contributed by atoms with E-state index in [0.717, 1.165) is 23.9 Å². The van der Waals surface area contributed by atoms with Crippen LogP contribution in [0.1, 0.15) is 16.7 Å². The lowest BCUT2D eigenvalue weighted by atomic mass is 10.0. The van der Waals surface area contributed by atoms with Gasteiger partial charge in [0, 0.05) is 23.7 Å². The first kappa shape index (κ1) is 20.2. The third-order valence-electron chi connectivity index (χ3n) is 5.30. The molecular formula is C21H23N3O5S. The average Bonchev–Trinajstić information content (AvgIpc) is 3.12. The lowest BCUT2D eigenvalue weighted by Crippen LogP contribution is -2.18. The molecule has 0 aliphatic carbocycles. The number of benzene rings is 2. The third kappa shape index (κ3) is 3.49. The molecule has 0 saturated heterocycles. The third-order valence-corrected chi connectivity index (χ3v) is 5.75. The Kier molecular flexibility index (Phi) is 4.93. The van der Waals surface area contributed by atoms with Gasteiger partial charge < -0.3 is 18.6 Å². The van der Waals surface area contributed by atoms with Crippen molar-refractivity contribution >= 4 is 32.5 Å². The molecule has 8 nitrogen and oxygen atoms in total. The maximum Gasteiger partial charge on any atom is 0.335 e. The second kappa shape index (κ2) is 7.32. The molecule has 2 aromatic carbocycles. The fourth-order valence-electron chi connectivity index (χ4n) is 3.79. The van der Waals surface area contributed by atoms with Crippen LogP contribution in [0.3, 0.4) is 0 Å². The summed E-state index contributed by atoms with van der Waals surface area (Å²) in [7, 11) is -0.700. The Balaban J connectivity index is 2.00. The van der Waals surface area contributed by atoms with Crippen molar-refractivity contribution in [2.24, 2.45) is 0 Å². The Morgan fingerprint density at radius 1 is 1.03 bits per heavy atom. The number of nitrogens with zero attached hydrogens (tertiary/aromatic N) is 3. The van der Waals surface area contributed by atoms with E-state index in [1.165, 1.54) is 18.2 Å². The fraction of sp³-hybridized carbons (Fsp3) is 0.333. The summed E-state index contributed by atoms with van der Waals surface area (Å²) in [6, 6.07) is 7.50. The number of hydrogen-bond acceptors (Lipinski definition) is 8. The molecule has 0 unspecified atom stereocenters. The van der Waals surface area contributed by atoms with E-state index in [1.54, 1.807) is 19.2 Å². The molecule has 1 aromatic heterocycles. The first-order valence-electron chi connectivity index (χ1n) is 9.41. The molecule has 9 heteroatoms. The molecule has 0 fully saturated rings. The summed E-state index contributed by atoms with van der Waals surface area (Å²) in [5.41, 5.74) is 5.12. The quantitative estimate of drug-likeness (QED) is 0.571. The van der Waals surface area contributed by atoms with Crippen LogP contribution in [-0.2, 0) is 16.5 Å². The lowest BCUT2D eigenvalue weighted by molar-refractivity contribution is 0.355. The summed E-state index contributed by atoms with van der Waals surface area (Å²) < 4.78 is 39.3. The molecule has 1 aliphatic heterocycles. The topological polar surface area (TPSA) is 90.9 Å². The monoisotopic (exact) mass is 429 g/mol. The van der Waals surface area contributed by atoms with Gasteiger partial charge in [0.1, 0.15) is 5.82 Å². The number of rotatable bonds is 5. The largest absolute Gasteiger partial charge is 0.493 e. The Labute approximate surface area is 175 Å². The van der Waals surface area contributed by atoms with Crippen LogP contribution < -0.4 is 18.6 Å². The van der Waals surface area contributed by atoms with E-state index in [9.17, 15) is 8.42 Å². The molecule has 30 heavy (non-hydrogen) atoms. The van der Waals surface area contributed by atoms with Gasteiger partial charge in [0.15, 0.2) is 11.5 Å². The molecule has 0 amide bonds. The summed E-state index contributed by atoms with van der Waals surface area (Å²) >= 11 is 0. The van der Waals surface area contributed by atoms with E-state index in [0.29, 0.717) is 34.8 Å². The van der Waals surface area contributed by atoms with Gasteiger partial charge in [-0.05, 0) is 43.0 Å². The van der Waals surface area contributed by atoms with E-state index in [2.05, 4.69) is 40.8 Å². The van der Waals surface area contributed by atoms with Gasteiger partial charge in [-0.2, -0.15) is 18.4 Å². The molecule has 3 aromatic rings. The van der Waals surface area contributed by atoms with Crippen LogP contribution in [0, 0.1) is 13.8 Å². The maximum absolute atomic E-state index is 11.7. The van der Waals surface area contributed by atoms with E-state index in [4.69, 9.17) is 13.7 Å². The van der Waals surface area contributed by atoms with Crippen LogP contribution >= 0.6 is 0 Å². The number of fused-ring (bicyclic) bond motifs is 2. The molecule has 0 saturated carbocycles. The highest BCUT2D eigenvalue weighted by atomic mass is 32.2. The minimum absolute atomic E-state index is 0.231. The molecule has 0 bridgehead atoms. The Morgan fingerprint density at radius 3 is 2.40 bits per heavy atom. The van der Waals surface area contributed by atoms with Crippen molar-refractivity contribution in [1.29, 1.82) is 0 Å². The fourth-order valence-corrected chi connectivity index (χ4v) is 4.13. The number of ether oxygens (including phenoxy) is 2. The Bertz CT molecular complexity index is 1260. The molecule has 1 aliphatic rings. The van der Waals surface area contributed by atoms with Crippen LogP contribution in [0.5, 0.6) is 17.5 Å². The molecule has 4 rings (SSSR count). The minimum Gasteiger partial charge on any atom is -0.493 e. The number of aromatic nitrogens is 2. The summed E-state index contributed by atoms with van der Waals surface area (Å²) in [5.74, 6) is 1.58. The van der Waals surface area contributed by atoms with Crippen LogP contribution in [0.4, 0.5) is 11.5 Å². The second-order valence-electron chi connectivity index (χ2n) is 7.26. The van der Waals surface area contributed by atoms with Gasteiger partial charge in [-0.25, -0.2) is 0 Å². The van der Waals surface area contributed by atoms with Crippen molar-refractivity contribution in [2.45, 2.75) is 20.3 Å². The number of hydrogen-bond donors (Lipinski definition) is 0. The van der Waals surface area contributed by atoms with Crippen molar-refractivity contribution in [1.82, 2.24) is 9.97 Å². The highest BCUT2D eigenvalue weighted by Gasteiger charge is 2.27. The summed E-state index contributed by atoms with van der Waals surface area (Å²) in [6.45, 7) is 4.85. The van der Waals surface area contributed by atoms with Crippen LogP contribution in [0.2, 0.25) is 0 Å². The lowest BCUT2D eigenvalue weighted by Gasteiger charge is -2.23. The number of anilines is 2. The first-order chi connectivity index (χ1) is 14.2. The van der Waals surface area contributed by atoms with Gasteiger partial charge in [-0.1, -0.05) is 12.1 Å². The molecule has 158 valence electrons. The predicted octanol–water partition coefficient (Wildman–Crippen LogP) is 3.30. The molecule has 0 radical (unpaired) electrons. The summed E-state index contributed by atoms with van der Waals surface area (Å²) in [4.78, 5) is 10.9. The SMILES string of the molecule is COc1cc2nc(OS(C)(=O)=O)nc(N3CCc4ccc(C)c(C)c43)c2cc1OC. The second-order valence-corrected chi connectivity index (χ2v) is 8.83. The smallest absolute Gasteiger partial charge is 0.335 e. The number of methoxy groups -OCH3 is 2. The molecule has 0 spiro atoms. The Hall–Kier alpha value is -3.07. The highest BCUT2D eigenvalue weighted by molar-refractivity contribution is 7.86. The molecule has 2 heterocycles. The molecular weight excluding hydrogens is 406 g/mol. The molecule has 0 N–H and O–H groups in total. The van der Waals surface area contributed by atoms with Gasteiger partial charge in [0.25, 0.3) is 0 Å². The zero-order valence-corrected chi connectivity index (χ0v) is 18.3. The van der Waals surface area contributed by atoms with E-state index in [1.807, 2.05) is 0 Å². The van der Waals surface area contributed by atoms with Gasteiger partial charge in [0.2, 0.25) is 0 Å². The standard InChI is InChI=1S/C21H23N3O5S/c1-12-6-7-14-8-9-24(19(14)13(12)2)20-15-10-17(27-3)18(28-4)11-16(15)22-21(23-20)29-30(5,25)26/h6-7,10-11H,8-9H2,1-5H3. The van der Waals surface area contributed by atoms with E-state index in [-0.39, 0.29) is 6.01 Å². The van der Waals surface area contributed by atoms with Crippen LogP contribution in [0.15, 0.2) is 24.3 Å². The predicted molar refractivity (Wildman–Crippen MR) is 115 cm³/mol. The highest BCUT2D eigenvalue weighted by Crippen LogP contribution is 2.42. The van der Waals surface area contributed by atoms with Crippen molar-refractivity contribution in [3.8, 4) is 17.5 Å². The van der Waals surface area contributed by atoms with Crippen molar-refractivity contribution < 1.29 is 22.1 Å². The van der Waals surface area contributed by atoms with Gasteiger partial charge in [0.05, 0.1) is 26.0 Å². The van der Waals surface area contributed by atoms with Crippen molar-refractivity contribution in [2.75, 3.05) is 31.9 Å². The van der Waals surface area contributed by atoms with E-state index >= 15 is 0 Å². The van der Waals surface area contributed by atoms with Gasteiger partial charge >= 0.3 is 16.1 Å². The number of aryl methyl sites for hydroxylation is 1. The van der Waals surface area contributed by atoms with Gasteiger partial charge in [-0.3, -0.25) is 0 Å². The van der Waals surface area contributed by atoms with Crippen molar-refractivity contribution in [3.63, 3.8) is 0 Å². The summed E-state index contributed by atoms with van der Waals surface area (Å²) in [5, 5.41) is 0.710. The zero-order chi connectivity index (χ0) is 21.6. The van der Waals surface area contributed by atoms with Crippen molar-refractivity contribution in [3.05, 3.63) is 41.0 Å². The minimum atomic E-state index is -3.79. The summed E-state index contributed by atoms with van der Waals surface area (Å²) in [6.07, 6.45) is 1.82. The normalized spacial score (nSPS) is 13.4. The van der Waals surface area contributed by atoms with Gasteiger partial charge in [-0.15, -0.1) is 0 Å². The zero-order valence-electron chi connectivity index (χ0n) is 17.5. The first-order valence-corrected chi connectivity index (χ1v) is 11.2. The van der Waals surface area contributed by atoms with Crippen LogP contribution in [0.25, 0.3) is 10.9 Å².